The number of hydrogen-bond donors (Lipinski definition) is 0. The molecule has 4 rings (SSSR count). The first-order valence-corrected chi connectivity index (χ1v) is 10.00. The molecule has 27 heavy (non-hydrogen) atoms. The second-order valence-electron chi connectivity index (χ2n) is 7.70. The Kier molecular flexibility index (Phi) is 5.69. The van der Waals surface area contributed by atoms with E-state index in [2.05, 4.69) is 33.9 Å². The molecule has 146 valence electrons. The van der Waals surface area contributed by atoms with E-state index in [9.17, 15) is 0 Å². The van der Waals surface area contributed by atoms with Gasteiger partial charge in [0.2, 0.25) is 17.6 Å². The van der Waals surface area contributed by atoms with Gasteiger partial charge in [0.1, 0.15) is 6.10 Å². The number of ether oxygens (including phenoxy) is 2. The zero-order valence-electron chi connectivity index (χ0n) is 16.1. The van der Waals surface area contributed by atoms with E-state index < -0.39 is 0 Å². The Balaban J connectivity index is 1.46. The summed E-state index contributed by atoms with van der Waals surface area (Å²) in [7, 11) is 0. The van der Waals surface area contributed by atoms with Crippen molar-refractivity contribution in [3.63, 3.8) is 0 Å². The smallest absolute Gasteiger partial charge is 0.241 e. The molecule has 7 nitrogen and oxygen atoms in total. The van der Waals surface area contributed by atoms with E-state index in [4.69, 9.17) is 14.0 Å². The summed E-state index contributed by atoms with van der Waals surface area (Å²) in [5.41, 5.74) is 0.793. The van der Waals surface area contributed by atoms with Crippen LogP contribution in [-0.2, 0) is 11.3 Å². The van der Waals surface area contributed by atoms with Gasteiger partial charge in [0.15, 0.2) is 0 Å². The summed E-state index contributed by atoms with van der Waals surface area (Å²) in [6.07, 6.45) is 8.30. The summed E-state index contributed by atoms with van der Waals surface area (Å²) >= 11 is 0. The van der Waals surface area contributed by atoms with Crippen LogP contribution < -0.4 is 4.74 Å². The number of nitrogens with zero attached hydrogens (tertiary/aromatic N) is 4. The molecule has 0 spiro atoms. The molecule has 1 saturated carbocycles. The third kappa shape index (κ3) is 4.65. The molecule has 0 radical (unpaired) electrons. The number of pyridine rings is 1. The van der Waals surface area contributed by atoms with E-state index in [0.29, 0.717) is 24.1 Å². The second kappa shape index (κ2) is 8.35. The van der Waals surface area contributed by atoms with Gasteiger partial charge in [-0.25, -0.2) is 4.98 Å². The molecule has 0 N–H and O–H groups in total. The summed E-state index contributed by atoms with van der Waals surface area (Å²) in [5, 5.41) is 4.18. The van der Waals surface area contributed by atoms with Crippen molar-refractivity contribution in [3.05, 3.63) is 24.2 Å². The van der Waals surface area contributed by atoms with Crippen molar-refractivity contribution >= 4 is 0 Å². The predicted octanol–water partition coefficient (Wildman–Crippen LogP) is 3.45. The minimum atomic E-state index is 0.213. The summed E-state index contributed by atoms with van der Waals surface area (Å²) in [5.74, 6) is 1.75. The van der Waals surface area contributed by atoms with Crippen LogP contribution in [0.1, 0.15) is 51.8 Å². The molecule has 2 atom stereocenters. The van der Waals surface area contributed by atoms with Crippen molar-refractivity contribution in [1.29, 1.82) is 0 Å². The molecular formula is C20H28N4O3. The average molecular weight is 372 g/mol. The molecule has 2 aromatic heterocycles. The number of aromatic nitrogens is 3. The van der Waals surface area contributed by atoms with E-state index in [0.717, 1.165) is 31.5 Å². The molecular weight excluding hydrogens is 344 g/mol. The third-order valence-corrected chi connectivity index (χ3v) is 5.16. The van der Waals surface area contributed by atoms with Gasteiger partial charge < -0.3 is 14.0 Å². The lowest BCUT2D eigenvalue weighted by Crippen LogP contribution is -2.44. The van der Waals surface area contributed by atoms with Crippen molar-refractivity contribution in [3.8, 4) is 17.3 Å². The van der Waals surface area contributed by atoms with Gasteiger partial charge in [-0.05, 0) is 51.7 Å². The second-order valence-corrected chi connectivity index (χ2v) is 7.70. The van der Waals surface area contributed by atoms with Crippen LogP contribution in [0.2, 0.25) is 0 Å². The van der Waals surface area contributed by atoms with Crippen LogP contribution in [0.4, 0.5) is 0 Å². The topological polar surface area (TPSA) is 73.5 Å². The van der Waals surface area contributed by atoms with E-state index in [1.807, 2.05) is 12.1 Å². The predicted molar refractivity (Wildman–Crippen MR) is 100 cm³/mol. The molecule has 7 heteroatoms. The van der Waals surface area contributed by atoms with Crippen molar-refractivity contribution in [2.75, 3.05) is 13.1 Å². The SMILES string of the molecule is C[C@@H]1CN(Cc2nc(-c3cccnc3OC3CCCCC3)no2)C[C@@H](C)O1. The number of morpholine rings is 1. The molecule has 0 amide bonds. The standard InChI is InChI=1S/C20H28N4O3/c1-14-11-24(12-15(2)25-14)13-18-22-19(23-27-18)17-9-6-10-21-20(17)26-16-7-4-3-5-8-16/h6,9-10,14-16H,3-5,7-8,11-13H2,1-2H3/t14-,15-/m1/s1. The Bertz CT molecular complexity index is 734. The Hall–Kier alpha value is -1.99. The van der Waals surface area contributed by atoms with Crippen LogP contribution in [-0.4, -0.2) is 51.4 Å². The van der Waals surface area contributed by atoms with Gasteiger partial charge in [-0.3, -0.25) is 4.90 Å². The quantitative estimate of drug-likeness (QED) is 0.796. The van der Waals surface area contributed by atoms with Crippen molar-refractivity contribution in [2.24, 2.45) is 0 Å². The van der Waals surface area contributed by atoms with Crippen LogP contribution in [0.3, 0.4) is 0 Å². The van der Waals surface area contributed by atoms with Gasteiger partial charge in [0.05, 0.1) is 24.3 Å². The van der Waals surface area contributed by atoms with E-state index >= 15 is 0 Å². The minimum absolute atomic E-state index is 0.213. The van der Waals surface area contributed by atoms with Gasteiger partial charge >= 0.3 is 0 Å². The van der Waals surface area contributed by atoms with Gasteiger partial charge in [0.25, 0.3) is 0 Å². The molecule has 0 unspecified atom stereocenters. The van der Waals surface area contributed by atoms with Gasteiger partial charge in [-0.1, -0.05) is 11.6 Å². The van der Waals surface area contributed by atoms with Crippen LogP contribution >= 0.6 is 0 Å². The van der Waals surface area contributed by atoms with Crippen LogP contribution in [0.25, 0.3) is 11.4 Å². The molecule has 1 aliphatic carbocycles. The zero-order valence-corrected chi connectivity index (χ0v) is 16.1. The van der Waals surface area contributed by atoms with Gasteiger partial charge in [-0.2, -0.15) is 4.98 Å². The maximum absolute atomic E-state index is 6.17. The molecule has 2 aliphatic rings. The van der Waals surface area contributed by atoms with E-state index in [1.165, 1.54) is 19.3 Å². The van der Waals surface area contributed by atoms with Gasteiger partial charge in [0, 0.05) is 19.3 Å². The summed E-state index contributed by atoms with van der Waals surface area (Å²) < 4.78 is 17.5. The lowest BCUT2D eigenvalue weighted by molar-refractivity contribution is -0.0725. The van der Waals surface area contributed by atoms with Crippen molar-refractivity contribution in [2.45, 2.75) is 70.8 Å². The average Bonchev–Trinajstić information content (AvgIpc) is 3.10. The molecule has 0 aromatic carbocycles. The lowest BCUT2D eigenvalue weighted by atomic mass is 9.98. The first kappa shape index (κ1) is 18.4. The minimum Gasteiger partial charge on any atom is -0.474 e. The molecule has 2 aromatic rings. The molecule has 0 bridgehead atoms. The van der Waals surface area contributed by atoms with E-state index in [1.54, 1.807) is 6.20 Å². The lowest BCUT2D eigenvalue weighted by Gasteiger charge is -2.34. The zero-order chi connectivity index (χ0) is 18.6. The largest absolute Gasteiger partial charge is 0.474 e. The molecule has 3 heterocycles. The number of rotatable bonds is 5. The maximum Gasteiger partial charge on any atom is 0.241 e. The fourth-order valence-corrected chi connectivity index (χ4v) is 4.03. The summed E-state index contributed by atoms with van der Waals surface area (Å²) in [6, 6.07) is 3.82. The highest BCUT2D eigenvalue weighted by atomic mass is 16.5. The molecule has 1 aliphatic heterocycles. The monoisotopic (exact) mass is 372 g/mol. The third-order valence-electron chi connectivity index (χ3n) is 5.16. The fraction of sp³-hybridized carbons (Fsp3) is 0.650. The molecule has 2 fully saturated rings. The summed E-state index contributed by atoms with van der Waals surface area (Å²) in [6.45, 7) is 6.54. The fourth-order valence-electron chi connectivity index (χ4n) is 4.03. The highest BCUT2D eigenvalue weighted by Crippen LogP contribution is 2.29. The van der Waals surface area contributed by atoms with Crippen LogP contribution in [0.5, 0.6) is 5.88 Å². The normalized spacial score (nSPS) is 24.8. The van der Waals surface area contributed by atoms with Gasteiger partial charge in [-0.15, -0.1) is 0 Å². The highest BCUT2D eigenvalue weighted by Gasteiger charge is 2.25. The molecule has 1 saturated heterocycles. The highest BCUT2D eigenvalue weighted by molar-refractivity contribution is 5.60. The Morgan fingerprint density at radius 1 is 1.15 bits per heavy atom. The van der Waals surface area contributed by atoms with Crippen LogP contribution in [0.15, 0.2) is 22.9 Å². The van der Waals surface area contributed by atoms with Crippen molar-refractivity contribution in [1.82, 2.24) is 20.0 Å². The Labute approximate surface area is 160 Å². The number of hydrogen-bond acceptors (Lipinski definition) is 7. The maximum atomic E-state index is 6.17. The van der Waals surface area contributed by atoms with E-state index in [-0.39, 0.29) is 18.3 Å². The van der Waals surface area contributed by atoms with Crippen LogP contribution in [0, 0.1) is 0 Å². The van der Waals surface area contributed by atoms with Crippen molar-refractivity contribution < 1.29 is 14.0 Å². The Morgan fingerprint density at radius 2 is 1.93 bits per heavy atom. The Morgan fingerprint density at radius 3 is 2.70 bits per heavy atom. The summed E-state index contributed by atoms with van der Waals surface area (Å²) in [4.78, 5) is 11.3. The first-order valence-electron chi connectivity index (χ1n) is 10.00. The first-order chi connectivity index (χ1) is 13.2.